The van der Waals surface area contributed by atoms with Gasteiger partial charge < -0.3 is 14.6 Å². The molecule has 1 N–H and O–H groups in total. The Labute approximate surface area is 128 Å². The molecule has 2 aromatic rings. The number of nitrogens with one attached hydrogen (secondary N) is 1. The number of aromatic amines is 1. The van der Waals surface area contributed by atoms with E-state index in [1.165, 1.54) is 0 Å². The number of amides is 1. The third-order valence-electron chi connectivity index (χ3n) is 3.94. The highest BCUT2D eigenvalue weighted by Gasteiger charge is 2.26. The zero-order valence-corrected chi connectivity index (χ0v) is 12.8. The maximum absolute atomic E-state index is 12.5. The zero-order valence-electron chi connectivity index (χ0n) is 12.8. The average molecular weight is 300 g/mol. The largest absolute Gasteiger partial charge is 0.372 e. The summed E-state index contributed by atoms with van der Waals surface area (Å²) in [6.07, 6.45) is 0.185. The van der Waals surface area contributed by atoms with Crippen LogP contribution in [0.4, 0.5) is 0 Å². The fourth-order valence-electron chi connectivity index (χ4n) is 2.98. The number of nitrogens with zero attached hydrogens (tertiary/aromatic N) is 1. The molecule has 5 nitrogen and oxygen atoms in total. The van der Waals surface area contributed by atoms with Gasteiger partial charge in [0.2, 0.25) is 5.91 Å². The van der Waals surface area contributed by atoms with Gasteiger partial charge in [-0.15, -0.1) is 0 Å². The molecule has 2 atom stereocenters. The van der Waals surface area contributed by atoms with Crippen LogP contribution in [0.2, 0.25) is 0 Å². The summed E-state index contributed by atoms with van der Waals surface area (Å²) in [4.78, 5) is 29.2. The Hall–Kier alpha value is -2.14. The lowest BCUT2D eigenvalue weighted by Crippen LogP contribution is -2.48. The molecule has 0 bridgehead atoms. The summed E-state index contributed by atoms with van der Waals surface area (Å²) < 4.78 is 5.64. The molecule has 1 amide bonds. The Morgan fingerprint density at radius 1 is 1.27 bits per heavy atom. The Kier molecular flexibility index (Phi) is 3.98. The monoisotopic (exact) mass is 300 g/mol. The molecule has 22 heavy (non-hydrogen) atoms. The second-order valence-corrected chi connectivity index (χ2v) is 5.94. The molecule has 1 aromatic carbocycles. The van der Waals surface area contributed by atoms with E-state index in [1.807, 2.05) is 38.1 Å². The molecule has 0 spiro atoms. The second kappa shape index (κ2) is 5.93. The van der Waals surface area contributed by atoms with Crippen LogP contribution in [0.3, 0.4) is 0 Å². The number of H-pyrrole nitrogens is 1. The summed E-state index contributed by atoms with van der Waals surface area (Å²) in [5, 5.41) is 0.939. The molecular weight excluding hydrogens is 280 g/mol. The number of morpholine rings is 1. The van der Waals surface area contributed by atoms with Gasteiger partial charge in [-0.2, -0.15) is 0 Å². The van der Waals surface area contributed by atoms with Crippen molar-refractivity contribution in [3.05, 3.63) is 46.2 Å². The smallest absolute Gasteiger partial charge is 0.252 e. The lowest BCUT2D eigenvalue weighted by atomic mass is 10.1. The van der Waals surface area contributed by atoms with Gasteiger partial charge in [-0.05, 0) is 31.4 Å². The number of para-hydroxylation sites is 1. The van der Waals surface area contributed by atoms with Crippen molar-refractivity contribution in [1.82, 2.24) is 9.88 Å². The highest BCUT2D eigenvalue weighted by Crippen LogP contribution is 2.14. The average Bonchev–Trinajstić information content (AvgIpc) is 2.47. The third-order valence-corrected chi connectivity index (χ3v) is 3.94. The van der Waals surface area contributed by atoms with Crippen LogP contribution in [0.5, 0.6) is 0 Å². The van der Waals surface area contributed by atoms with Gasteiger partial charge >= 0.3 is 0 Å². The van der Waals surface area contributed by atoms with Gasteiger partial charge in [0.25, 0.3) is 5.56 Å². The summed E-state index contributed by atoms with van der Waals surface area (Å²) in [6, 6.07) is 9.38. The van der Waals surface area contributed by atoms with E-state index >= 15 is 0 Å². The summed E-state index contributed by atoms with van der Waals surface area (Å²) >= 11 is 0. The normalized spacial score (nSPS) is 22.0. The minimum Gasteiger partial charge on any atom is -0.372 e. The highest BCUT2D eigenvalue weighted by molar-refractivity contribution is 5.82. The van der Waals surface area contributed by atoms with Crippen molar-refractivity contribution in [3.63, 3.8) is 0 Å². The van der Waals surface area contributed by atoms with Crippen LogP contribution >= 0.6 is 0 Å². The van der Waals surface area contributed by atoms with Crippen LogP contribution in [0.15, 0.2) is 35.1 Å². The number of hydrogen-bond donors (Lipinski definition) is 1. The molecule has 2 heterocycles. The Bertz CT molecular complexity index is 743. The predicted molar refractivity (Wildman–Crippen MR) is 84.9 cm³/mol. The molecule has 1 saturated heterocycles. The molecule has 1 fully saturated rings. The molecule has 0 aliphatic carbocycles. The van der Waals surface area contributed by atoms with Crippen molar-refractivity contribution < 1.29 is 9.53 Å². The number of hydrogen-bond acceptors (Lipinski definition) is 3. The Morgan fingerprint density at radius 3 is 2.68 bits per heavy atom. The van der Waals surface area contributed by atoms with E-state index in [2.05, 4.69) is 4.98 Å². The van der Waals surface area contributed by atoms with Crippen LogP contribution < -0.4 is 5.56 Å². The molecule has 1 aromatic heterocycles. The Balaban J connectivity index is 1.82. The van der Waals surface area contributed by atoms with Crippen molar-refractivity contribution in [1.29, 1.82) is 0 Å². The van der Waals surface area contributed by atoms with Gasteiger partial charge in [0, 0.05) is 24.2 Å². The van der Waals surface area contributed by atoms with Crippen molar-refractivity contribution >= 4 is 16.8 Å². The first-order valence-corrected chi connectivity index (χ1v) is 7.57. The Morgan fingerprint density at radius 2 is 1.95 bits per heavy atom. The summed E-state index contributed by atoms with van der Waals surface area (Å²) in [5.41, 5.74) is 1.11. The van der Waals surface area contributed by atoms with E-state index in [4.69, 9.17) is 4.74 Å². The van der Waals surface area contributed by atoms with Gasteiger partial charge in [0.1, 0.15) is 0 Å². The fourth-order valence-corrected chi connectivity index (χ4v) is 2.98. The lowest BCUT2D eigenvalue weighted by molar-refractivity contribution is -0.142. The van der Waals surface area contributed by atoms with E-state index in [0.717, 1.165) is 10.9 Å². The van der Waals surface area contributed by atoms with Crippen molar-refractivity contribution in [2.75, 3.05) is 13.1 Å². The number of ether oxygens (including phenoxy) is 1. The molecule has 1 aliphatic heterocycles. The second-order valence-electron chi connectivity index (χ2n) is 5.94. The van der Waals surface area contributed by atoms with E-state index in [1.54, 1.807) is 11.0 Å². The molecule has 0 saturated carbocycles. The molecule has 5 heteroatoms. The number of pyridine rings is 1. The number of fused-ring (bicyclic) bond motifs is 1. The molecule has 0 radical (unpaired) electrons. The SMILES string of the molecule is C[C@@H]1CN(C(=O)Cc2cc3ccccc3[nH]c2=O)C[C@H](C)O1. The first-order valence-electron chi connectivity index (χ1n) is 7.57. The van der Waals surface area contributed by atoms with Crippen LogP contribution in [-0.4, -0.2) is 41.1 Å². The molecule has 3 rings (SSSR count). The van der Waals surface area contributed by atoms with Crippen molar-refractivity contribution in [2.45, 2.75) is 32.5 Å². The van der Waals surface area contributed by atoms with Gasteiger partial charge in [-0.3, -0.25) is 9.59 Å². The minimum atomic E-state index is -0.193. The molecule has 1 aliphatic rings. The van der Waals surface area contributed by atoms with E-state index in [-0.39, 0.29) is 30.1 Å². The first-order chi connectivity index (χ1) is 10.5. The topological polar surface area (TPSA) is 62.4 Å². The molecular formula is C17H20N2O3. The van der Waals surface area contributed by atoms with E-state index in [9.17, 15) is 9.59 Å². The number of rotatable bonds is 2. The maximum atomic E-state index is 12.5. The number of aromatic nitrogens is 1. The predicted octanol–water partition coefficient (Wildman–Crippen LogP) is 1.71. The summed E-state index contributed by atoms with van der Waals surface area (Å²) in [7, 11) is 0. The highest BCUT2D eigenvalue weighted by atomic mass is 16.5. The standard InChI is InChI=1S/C17H20N2O3/c1-11-9-19(10-12(2)22-11)16(20)8-14-7-13-5-3-4-6-15(13)18-17(14)21/h3-7,11-12H,8-10H2,1-2H3,(H,18,21)/t11-,12+. The molecule has 0 unspecified atom stereocenters. The van der Waals surface area contributed by atoms with Crippen LogP contribution in [0, 0.1) is 0 Å². The number of carbonyl (C=O) groups is 1. The van der Waals surface area contributed by atoms with Crippen molar-refractivity contribution in [2.24, 2.45) is 0 Å². The zero-order chi connectivity index (χ0) is 15.7. The number of carbonyl (C=O) groups excluding carboxylic acids is 1. The van der Waals surface area contributed by atoms with E-state index in [0.29, 0.717) is 18.7 Å². The van der Waals surface area contributed by atoms with Gasteiger partial charge in [-0.1, -0.05) is 18.2 Å². The van der Waals surface area contributed by atoms with Gasteiger partial charge in [0.15, 0.2) is 0 Å². The van der Waals surface area contributed by atoms with Gasteiger partial charge in [-0.25, -0.2) is 0 Å². The third kappa shape index (κ3) is 3.04. The fraction of sp³-hybridized carbons (Fsp3) is 0.412. The summed E-state index contributed by atoms with van der Waals surface area (Å²) in [5.74, 6) is -0.0252. The summed E-state index contributed by atoms with van der Waals surface area (Å²) in [6.45, 7) is 5.07. The van der Waals surface area contributed by atoms with Crippen LogP contribution in [0.1, 0.15) is 19.4 Å². The van der Waals surface area contributed by atoms with Crippen LogP contribution in [-0.2, 0) is 16.0 Å². The van der Waals surface area contributed by atoms with Crippen LogP contribution in [0.25, 0.3) is 10.9 Å². The lowest BCUT2D eigenvalue weighted by Gasteiger charge is -2.35. The number of benzene rings is 1. The molecule has 116 valence electrons. The minimum absolute atomic E-state index is 0.0252. The quantitative estimate of drug-likeness (QED) is 0.918. The first kappa shape index (κ1) is 14.8. The maximum Gasteiger partial charge on any atom is 0.252 e. The van der Waals surface area contributed by atoms with Crippen molar-refractivity contribution in [3.8, 4) is 0 Å². The van der Waals surface area contributed by atoms with E-state index < -0.39 is 0 Å². The van der Waals surface area contributed by atoms with Gasteiger partial charge in [0.05, 0.1) is 18.6 Å².